The summed E-state index contributed by atoms with van der Waals surface area (Å²) in [4.78, 5) is 30.0. The Kier molecular flexibility index (Phi) is 6.15. The zero-order valence-electron chi connectivity index (χ0n) is 18.3. The summed E-state index contributed by atoms with van der Waals surface area (Å²) in [6.07, 6.45) is 2.91. The van der Waals surface area contributed by atoms with E-state index in [0.717, 1.165) is 24.2 Å². The molecule has 2 heterocycles. The monoisotopic (exact) mass is 395 g/mol. The molecule has 1 unspecified atom stereocenters. The number of hydrogen-bond acceptors (Lipinski definition) is 2. The fourth-order valence-corrected chi connectivity index (χ4v) is 4.00. The van der Waals surface area contributed by atoms with Gasteiger partial charge in [0.15, 0.2) is 0 Å². The Morgan fingerprint density at radius 1 is 1.10 bits per heavy atom. The molecule has 3 rings (SSSR count). The van der Waals surface area contributed by atoms with Gasteiger partial charge in [-0.25, -0.2) is 0 Å². The molecule has 2 amide bonds. The van der Waals surface area contributed by atoms with Crippen LogP contribution in [0.2, 0.25) is 0 Å². The molecule has 0 bridgehead atoms. The molecule has 1 aromatic heterocycles. The molecule has 5 heteroatoms. The number of nitrogens with zero attached hydrogens (tertiary/aromatic N) is 3. The Hall–Kier alpha value is -2.56. The number of benzene rings is 1. The number of amides is 2. The molecule has 2 aromatic rings. The van der Waals surface area contributed by atoms with Gasteiger partial charge in [-0.1, -0.05) is 57.5 Å². The number of carbonyl (C=O) groups is 2. The molecular weight excluding hydrogens is 362 g/mol. The van der Waals surface area contributed by atoms with Crippen LogP contribution in [0, 0.1) is 12.3 Å². The Balaban J connectivity index is 1.89. The number of fused-ring (bicyclic) bond motifs is 1. The first-order chi connectivity index (χ1) is 13.7. The molecule has 0 N–H and O–H groups in total. The molecule has 0 spiro atoms. The van der Waals surface area contributed by atoms with Crippen molar-refractivity contribution in [3.8, 4) is 0 Å². The minimum Gasteiger partial charge on any atom is -0.348 e. The van der Waals surface area contributed by atoms with Gasteiger partial charge >= 0.3 is 0 Å². The molecular formula is C24H33N3O2. The van der Waals surface area contributed by atoms with Gasteiger partial charge in [0.2, 0.25) is 11.8 Å². The van der Waals surface area contributed by atoms with Crippen molar-refractivity contribution in [2.24, 2.45) is 5.41 Å². The lowest BCUT2D eigenvalue weighted by Crippen LogP contribution is -2.50. The van der Waals surface area contributed by atoms with Gasteiger partial charge in [0.25, 0.3) is 0 Å². The molecule has 5 nitrogen and oxygen atoms in total. The van der Waals surface area contributed by atoms with Crippen LogP contribution in [0.15, 0.2) is 42.6 Å². The molecule has 0 aliphatic carbocycles. The van der Waals surface area contributed by atoms with Crippen molar-refractivity contribution in [2.45, 2.75) is 53.6 Å². The highest BCUT2D eigenvalue weighted by Crippen LogP contribution is 2.33. The lowest BCUT2D eigenvalue weighted by Gasteiger charge is -2.39. The summed E-state index contributed by atoms with van der Waals surface area (Å²) >= 11 is 0. The Morgan fingerprint density at radius 2 is 1.79 bits per heavy atom. The fourth-order valence-electron chi connectivity index (χ4n) is 4.00. The highest BCUT2D eigenvalue weighted by atomic mass is 16.2. The first kappa shape index (κ1) is 21.2. The lowest BCUT2D eigenvalue weighted by molar-refractivity contribution is -0.146. The Morgan fingerprint density at radius 3 is 2.41 bits per heavy atom. The molecule has 0 radical (unpaired) electrons. The van der Waals surface area contributed by atoms with Gasteiger partial charge < -0.3 is 14.4 Å². The van der Waals surface area contributed by atoms with E-state index in [1.165, 1.54) is 5.56 Å². The minimum atomic E-state index is -0.498. The maximum Gasteiger partial charge on any atom is 0.243 e. The minimum absolute atomic E-state index is 0.00840. The SMILES string of the molecule is CCCN(CC(=O)N1CCn2cccc2C1c1ccc(C)cc1)C(=O)C(C)(C)C. The van der Waals surface area contributed by atoms with Crippen molar-refractivity contribution in [3.63, 3.8) is 0 Å². The van der Waals surface area contributed by atoms with E-state index in [2.05, 4.69) is 48.0 Å². The molecule has 29 heavy (non-hydrogen) atoms. The zero-order chi connectivity index (χ0) is 21.2. The van der Waals surface area contributed by atoms with E-state index >= 15 is 0 Å². The van der Waals surface area contributed by atoms with Crippen LogP contribution in [0.3, 0.4) is 0 Å². The molecule has 0 fully saturated rings. The van der Waals surface area contributed by atoms with Crippen molar-refractivity contribution >= 4 is 11.8 Å². The first-order valence-electron chi connectivity index (χ1n) is 10.5. The largest absolute Gasteiger partial charge is 0.348 e. The first-order valence-corrected chi connectivity index (χ1v) is 10.5. The molecule has 1 atom stereocenters. The number of rotatable bonds is 5. The van der Waals surface area contributed by atoms with E-state index in [9.17, 15) is 9.59 Å². The number of aryl methyl sites for hydroxylation is 1. The summed E-state index contributed by atoms with van der Waals surface area (Å²) in [7, 11) is 0. The van der Waals surface area contributed by atoms with Crippen LogP contribution in [-0.2, 0) is 16.1 Å². The van der Waals surface area contributed by atoms with Crippen molar-refractivity contribution in [3.05, 3.63) is 59.4 Å². The summed E-state index contributed by atoms with van der Waals surface area (Å²) in [6.45, 7) is 12.0. The highest BCUT2D eigenvalue weighted by molar-refractivity contribution is 5.87. The smallest absolute Gasteiger partial charge is 0.243 e. The predicted octanol–water partition coefficient (Wildman–Crippen LogP) is 4.01. The topological polar surface area (TPSA) is 45.6 Å². The van der Waals surface area contributed by atoms with Crippen LogP contribution in [0.4, 0.5) is 0 Å². The van der Waals surface area contributed by atoms with Crippen molar-refractivity contribution in [2.75, 3.05) is 19.6 Å². The fraction of sp³-hybridized carbons (Fsp3) is 0.500. The van der Waals surface area contributed by atoms with E-state index in [1.54, 1.807) is 4.90 Å². The normalized spacial score (nSPS) is 16.4. The van der Waals surface area contributed by atoms with Crippen LogP contribution in [0.25, 0.3) is 0 Å². The van der Waals surface area contributed by atoms with Crippen LogP contribution >= 0.6 is 0 Å². The number of aromatic nitrogens is 1. The van der Waals surface area contributed by atoms with Crippen LogP contribution in [-0.4, -0.2) is 45.8 Å². The second-order valence-corrected chi connectivity index (χ2v) is 9.00. The van der Waals surface area contributed by atoms with Gasteiger partial charge in [-0.15, -0.1) is 0 Å². The van der Waals surface area contributed by atoms with Gasteiger partial charge in [0.05, 0.1) is 12.6 Å². The summed E-state index contributed by atoms with van der Waals surface area (Å²) in [5, 5.41) is 0. The summed E-state index contributed by atoms with van der Waals surface area (Å²) in [5.74, 6) is 0.0362. The second-order valence-electron chi connectivity index (χ2n) is 9.00. The van der Waals surface area contributed by atoms with E-state index in [0.29, 0.717) is 13.1 Å². The zero-order valence-corrected chi connectivity index (χ0v) is 18.3. The van der Waals surface area contributed by atoms with Crippen LogP contribution in [0.1, 0.15) is 57.0 Å². The summed E-state index contributed by atoms with van der Waals surface area (Å²) in [6, 6.07) is 12.4. The van der Waals surface area contributed by atoms with E-state index in [1.807, 2.05) is 38.7 Å². The average molecular weight is 396 g/mol. The third-order valence-corrected chi connectivity index (χ3v) is 5.50. The Bertz CT molecular complexity index is 861. The summed E-state index contributed by atoms with van der Waals surface area (Å²) in [5.41, 5.74) is 2.93. The third-order valence-electron chi connectivity index (χ3n) is 5.50. The van der Waals surface area contributed by atoms with Crippen LogP contribution < -0.4 is 0 Å². The predicted molar refractivity (Wildman–Crippen MR) is 115 cm³/mol. The molecule has 1 aliphatic rings. The van der Waals surface area contributed by atoms with E-state index in [-0.39, 0.29) is 24.4 Å². The average Bonchev–Trinajstić information content (AvgIpc) is 3.15. The van der Waals surface area contributed by atoms with Crippen LogP contribution in [0.5, 0.6) is 0 Å². The lowest BCUT2D eigenvalue weighted by atomic mass is 9.94. The standard InChI is InChI=1S/C24H33N3O2/c1-6-13-26(23(29)24(3,4)5)17-21(28)27-16-15-25-14-7-8-20(25)22(27)19-11-9-18(2)10-12-19/h7-12,14,22H,6,13,15-17H2,1-5H3. The summed E-state index contributed by atoms with van der Waals surface area (Å²) < 4.78 is 2.22. The molecule has 156 valence electrons. The van der Waals surface area contributed by atoms with E-state index in [4.69, 9.17) is 0 Å². The second kappa shape index (κ2) is 8.44. The van der Waals surface area contributed by atoms with E-state index < -0.39 is 5.41 Å². The van der Waals surface area contributed by atoms with Gasteiger partial charge in [-0.3, -0.25) is 9.59 Å². The third kappa shape index (κ3) is 4.55. The van der Waals surface area contributed by atoms with Gasteiger partial charge in [0.1, 0.15) is 0 Å². The Labute approximate surface area is 174 Å². The van der Waals surface area contributed by atoms with Gasteiger partial charge in [0, 0.05) is 36.9 Å². The quantitative estimate of drug-likeness (QED) is 0.768. The maximum atomic E-state index is 13.4. The molecule has 0 saturated heterocycles. The number of carbonyl (C=O) groups excluding carboxylic acids is 2. The maximum absolute atomic E-state index is 13.4. The van der Waals surface area contributed by atoms with Crippen molar-refractivity contribution < 1.29 is 9.59 Å². The van der Waals surface area contributed by atoms with Crippen molar-refractivity contribution in [1.29, 1.82) is 0 Å². The van der Waals surface area contributed by atoms with Crippen molar-refractivity contribution in [1.82, 2.24) is 14.4 Å². The number of hydrogen-bond donors (Lipinski definition) is 0. The van der Waals surface area contributed by atoms with Gasteiger partial charge in [-0.2, -0.15) is 0 Å². The molecule has 1 aliphatic heterocycles. The highest BCUT2D eigenvalue weighted by Gasteiger charge is 2.34. The molecule has 0 saturated carbocycles. The molecule has 1 aromatic carbocycles. The van der Waals surface area contributed by atoms with Gasteiger partial charge in [-0.05, 0) is 31.0 Å².